The summed E-state index contributed by atoms with van der Waals surface area (Å²) in [6, 6.07) is 5.16. The third kappa shape index (κ3) is 3.14. The Labute approximate surface area is 126 Å². The molecule has 0 unspecified atom stereocenters. The van der Waals surface area contributed by atoms with Gasteiger partial charge in [-0.15, -0.1) is 0 Å². The molecular weight excluding hydrogens is 290 g/mol. The molecule has 1 aliphatic heterocycles. The molecule has 0 spiro atoms. The second-order valence-electron chi connectivity index (χ2n) is 5.40. The molecule has 2 N–H and O–H groups in total. The van der Waals surface area contributed by atoms with Crippen LogP contribution in [0.2, 0.25) is 0 Å². The molecule has 1 heterocycles. The average molecular weight is 313 g/mol. The normalized spacial score (nSPS) is 17.4. The molecule has 0 radical (unpaired) electrons. The zero-order valence-electron chi connectivity index (χ0n) is 12.7. The Kier molecular flexibility index (Phi) is 4.75. The van der Waals surface area contributed by atoms with Gasteiger partial charge >= 0.3 is 0 Å². The second-order valence-corrected chi connectivity index (χ2v) is 7.52. The van der Waals surface area contributed by atoms with Crippen LogP contribution < -0.4 is 10.6 Å². The number of nitrogens with zero attached hydrogens (tertiary/aromatic N) is 2. The number of benzene rings is 1. The minimum atomic E-state index is -3.53. The van der Waals surface area contributed by atoms with E-state index in [1.165, 1.54) is 18.4 Å². The number of ether oxygens (including phenoxy) is 1. The van der Waals surface area contributed by atoms with Gasteiger partial charge in [0.15, 0.2) is 0 Å². The molecule has 0 bridgehead atoms. The maximum absolute atomic E-state index is 12.3. The fourth-order valence-corrected chi connectivity index (χ4v) is 3.59. The average Bonchev–Trinajstić information content (AvgIpc) is 2.47. The third-order valence-corrected chi connectivity index (χ3v) is 5.79. The summed E-state index contributed by atoms with van der Waals surface area (Å²) in [6.45, 7) is 1.63. The molecular formula is C14H23N3O3S. The molecule has 0 atom stereocenters. The maximum Gasteiger partial charge on any atom is 0.244 e. The highest BCUT2D eigenvalue weighted by Gasteiger charge is 2.25. The number of para-hydroxylation sites is 1. The van der Waals surface area contributed by atoms with Crippen molar-refractivity contribution in [3.8, 4) is 0 Å². The van der Waals surface area contributed by atoms with E-state index >= 15 is 0 Å². The van der Waals surface area contributed by atoms with E-state index in [0.717, 1.165) is 31.6 Å². The van der Waals surface area contributed by atoms with Crippen LogP contribution in [0.3, 0.4) is 0 Å². The minimum Gasteiger partial charge on any atom is -0.396 e. The van der Waals surface area contributed by atoms with Crippen LogP contribution in [0.5, 0.6) is 0 Å². The molecule has 6 nitrogen and oxygen atoms in total. The number of hydrogen-bond donors (Lipinski definition) is 1. The Bertz CT molecular complexity index is 593. The Balaban J connectivity index is 2.31. The molecule has 0 aromatic heterocycles. The van der Waals surface area contributed by atoms with Gasteiger partial charge in [-0.25, -0.2) is 12.7 Å². The van der Waals surface area contributed by atoms with E-state index in [-0.39, 0.29) is 11.0 Å². The van der Waals surface area contributed by atoms with Gasteiger partial charge in [-0.05, 0) is 25.0 Å². The molecule has 2 rings (SSSR count). The van der Waals surface area contributed by atoms with E-state index in [9.17, 15) is 8.42 Å². The number of piperidine rings is 1. The quantitative estimate of drug-likeness (QED) is 0.844. The second kappa shape index (κ2) is 6.21. The van der Waals surface area contributed by atoms with Gasteiger partial charge in [-0.2, -0.15) is 0 Å². The Morgan fingerprint density at radius 3 is 2.43 bits per heavy atom. The van der Waals surface area contributed by atoms with Crippen LogP contribution in [0, 0.1) is 0 Å². The molecule has 0 saturated carbocycles. The van der Waals surface area contributed by atoms with E-state index in [4.69, 9.17) is 10.5 Å². The predicted octanol–water partition coefficient (Wildman–Crippen LogP) is 1.13. The van der Waals surface area contributed by atoms with Gasteiger partial charge in [0.2, 0.25) is 10.0 Å². The Morgan fingerprint density at radius 2 is 1.90 bits per heavy atom. The van der Waals surface area contributed by atoms with E-state index in [2.05, 4.69) is 4.90 Å². The molecule has 0 amide bonds. The number of hydrogen-bond acceptors (Lipinski definition) is 5. The summed E-state index contributed by atoms with van der Waals surface area (Å²) in [7, 11) is 1.20. The third-order valence-electron chi connectivity index (χ3n) is 3.92. The van der Waals surface area contributed by atoms with E-state index < -0.39 is 10.0 Å². The molecule has 1 fully saturated rings. The van der Waals surface area contributed by atoms with Gasteiger partial charge in [0.25, 0.3) is 0 Å². The highest BCUT2D eigenvalue weighted by atomic mass is 32.2. The summed E-state index contributed by atoms with van der Waals surface area (Å²) in [5.41, 5.74) is 7.23. The number of nitrogens with two attached hydrogens (primary N) is 1. The van der Waals surface area contributed by atoms with Gasteiger partial charge in [-0.3, -0.25) is 0 Å². The van der Waals surface area contributed by atoms with Crippen LogP contribution in [0.1, 0.15) is 12.8 Å². The first kappa shape index (κ1) is 16.1. The Hall–Kier alpha value is -1.31. The molecule has 1 saturated heterocycles. The molecule has 0 aliphatic carbocycles. The highest BCUT2D eigenvalue weighted by molar-refractivity contribution is 7.89. The highest BCUT2D eigenvalue weighted by Crippen LogP contribution is 2.32. The van der Waals surface area contributed by atoms with E-state index in [0.29, 0.717) is 5.69 Å². The largest absolute Gasteiger partial charge is 0.396 e. The van der Waals surface area contributed by atoms with E-state index in [1.807, 2.05) is 6.07 Å². The van der Waals surface area contributed by atoms with Crippen molar-refractivity contribution in [3.05, 3.63) is 18.2 Å². The molecule has 7 heteroatoms. The molecule has 21 heavy (non-hydrogen) atoms. The van der Waals surface area contributed by atoms with Crippen molar-refractivity contribution in [3.63, 3.8) is 0 Å². The van der Waals surface area contributed by atoms with Gasteiger partial charge < -0.3 is 15.4 Å². The summed E-state index contributed by atoms with van der Waals surface area (Å²) >= 11 is 0. The molecule has 118 valence electrons. The first-order valence-electron chi connectivity index (χ1n) is 6.96. The number of methoxy groups -OCH3 is 1. The lowest BCUT2D eigenvalue weighted by Gasteiger charge is -2.34. The predicted molar refractivity (Wildman–Crippen MR) is 84.0 cm³/mol. The fourth-order valence-electron chi connectivity index (χ4n) is 2.56. The first-order valence-corrected chi connectivity index (χ1v) is 8.40. The van der Waals surface area contributed by atoms with Crippen molar-refractivity contribution in [2.75, 3.05) is 44.9 Å². The lowest BCUT2D eigenvalue weighted by Crippen LogP contribution is -2.37. The number of rotatable bonds is 4. The summed E-state index contributed by atoms with van der Waals surface area (Å²) in [5.74, 6) is 0. The van der Waals surface area contributed by atoms with Crippen LogP contribution in [0.4, 0.5) is 11.4 Å². The van der Waals surface area contributed by atoms with E-state index in [1.54, 1.807) is 19.2 Å². The van der Waals surface area contributed by atoms with Gasteiger partial charge in [-0.1, -0.05) is 6.07 Å². The van der Waals surface area contributed by atoms with Crippen molar-refractivity contribution < 1.29 is 13.2 Å². The van der Waals surface area contributed by atoms with Crippen molar-refractivity contribution in [1.82, 2.24) is 4.31 Å². The Morgan fingerprint density at radius 1 is 1.29 bits per heavy atom. The number of sulfonamides is 1. The van der Waals surface area contributed by atoms with Crippen molar-refractivity contribution in [2.24, 2.45) is 0 Å². The summed E-state index contributed by atoms with van der Waals surface area (Å²) in [4.78, 5) is 2.29. The van der Waals surface area contributed by atoms with Gasteiger partial charge in [0.1, 0.15) is 4.90 Å². The van der Waals surface area contributed by atoms with Crippen LogP contribution in [-0.4, -0.2) is 53.1 Å². The number of anilines is 2. The SMILES string of the molecule is COC1CCN(c2cccc(S(=O)(=O)N(C)C)c2N)CC1. The monoisotopic (exact) mass is 313 g/mol. The zero-order valence-corrected chi connectivity index (χ0v) is 13.6. The standard InChI is InChI=1S/C14H23N3O3S/c1-16(2)21(18,19)13-6-4-5-12(14(13)15)17-9-7-11(20-3)8-10-17/h4-6,11H,7-10,15H2,1-3H3. The maximum atomic E-state index is 12.3. The summed E-state index contributed by atoms with van der Waals surface area (Å²) < 4.78 is 31.1. The molecule has 1 aromatic rings. The summed E-state index contributed by atoms with van der Waals surface area (Å²) in [5, 5.41) is 0. The zero-order chi connectivity index (χ0) is 15.6. The van der Waals surface area contributed by atoms with Crippen LogP contribution in [-0.2, 0) is 14.8 Å². The van der Waals surface area contributed by atoms with Gasteiger partial charge in [0.05, 0.1) is 17.5 Å². The van der Waals surface area contributed by atoms with Crippen LogP contribution in [0.15, 0.2) is 23.1 Å². The topological polar surface area (TPSA) is 75.9 Å². The molecule has 1 aliphatic rings. The van der Waals surface area contributed by atoms with Crippen molar-refractivity contribution in [2.45, 2.75) is 23.8 Å². The molecule has 1 aromatic carbocycles. The fraction of sp³-hybridized carbons (Fsp3) is 0.571. The van der Waals surface area contributed by atoms with Gasteiger partial charge in [0, 0.05) is 34.3 Å². The summed E-state index contributed by atoms with van der Waals surface area (Å²) in [6.07, 6.45) is 2.11. The van der Waals surface area contributed by atoms with Crippen molar-refractivity contribution in [1.29, 1.82) is 0 Å². The van der Waals surface area contributed by atoms with Crippen LogP contribution in [0.25, 0.3) is 0 Å². The lowest BCUT2D eigenvalue weighted by molar-refractivity contribution is 0.0819. The smallest absolute Gasteiger partial charge is 0.244 e. The number of nitrogen functional groups attached to an aromatic ring is 1. The lowest BCUT2D eigenvalue weighted by atomic mass is 10.1. The van der Waals surface area contributed by atoms with Crippen molar-refractivity contribution >= 4 is 21.4 Å². The first-order chi connectivity index (χ1) is 9.87. The minimum absolute atomic E-state index is 0.166. The van der Waals surface area contributed by atoms with Crippen LogP contribution >= 0.6 is 0 Å².